The first-order valence-corrected chi connectivity index (χ1v) is 9.39. The second kappa shape index (κ2) is 5.52. The Morgan fingerprint density at radius 3 is 2.44 bits per heavy atom. The third kappa shape index (κ3) is 2.80. The van der Waals surface area contributed by atoms with Crippen molar-refractivity contribution < 1.29 is 12.8 Å². The van der Waals surface area contributed by atoms with Crippen LogP contribution in [0.4, 0.5) is 0 Å². The van der Waals surface area contributed by atoms with Crippen LogP contribution in [0.3, 0.4) is 0 Å². The molecule has 0 amide bonds. The Bertz CT molecular complexity index is 1170. The molecular weight excluding hydrogens is 340 g/mol. The lowest BCUT2D eigenvalue weighted by Gasteiger charge is -2.06. The predicted molar refractivity (Wildman–Crippen MR) is 92.2 cm³/mol. The maximum absolute atomic E-state index is 11.6. The van der Waals surface area contributed by atoms with E-state index in [1.807, 2.05) is 22.8 Å². The van der Waals surface area contributed by atoms with Crippen molar-refractivity contribution in [3.8, 4) is 17.1 Å². The van der Waals surface area contributed by atoms with Gasteiger partial charge in [0, 0.05) is 24.4 Å². The number of hydrogen-bond donors (Lipinski definition) is 0. The number of rotatable bonds is 3. The summed E-state index contributed by atoms with van der Waals surface area (Å²) < 4.78 is 30.6. The molecule has 0 atom stereocenters. The number of fused-ring (bicyclic) bond motifs is 1. The van der Waals surface area contributed by atoms with Gasteiger partial charge in [-0.1, -0.05) is 0 Å². The van der Waals surface area contributed by atoms with E-state index in [0.717, 1.165) is 22.3 Å². The molecule has 0 spiro atoms. The first-order chi connectivity index (χ1) is 11.9. The predicted octanol–water partition coefficient (Wildman–Crippen LogP) is 2.79. The molecule has 2 aromatic heterocycles. The van der Waals surface area contributed by atoms with Crippen molar-refractivity contribution in [1.29, 1.82) is 0 Å². The van der Waals surface area contributed by atoms with Gasteiger partial charge in [-0.2, -0.15) is 0 Å². The van der Waals surface area contributed by atoms with Crippen LogP contribution in [-0.4, -0.2) is 34.4 Å². The molecule has 0 radical (unpaired) electrons. The molecule has 4 rings (SSSR count). The number of imidazole rings is 1. The van der Waals surface area contributed by atoms with Gasteiger partial charge in [-0.3, -0.25) is 4.57 Å². The van der Waals surface area contributed by atoms with Gasteiger partial charge < -0.3 is 4.42 Å². The van der Waals surface area contributed by atoms with E-state index >= 15 is 0 Å². The summed E-state index contributed by atoms with van der Waals surface area (Å²) in [6.07, 6.45) is 2.89. The summed E-state index contributed by atoms with van der Waals surface area (Å²) in [6, 6.07) is 12.3. The van der Waals surface area contributed by atoms with Gasteiger partial charge in [0.25, 0.3) is 0 Å². The highest BCUT2D eigenvalue weighted by molar-refractivity contribution is 7.90. The van der Waals surface area contributed by atoms with Crippen LogP contribution in [0.25, 0.3) is 28.2 Å². The highest BCUT2D eigenvalue weighted by atomic mass is 32.2. The number of sulfone groups is 1. The lowest BCUT2D eigenvalue weighted by Crippen LogP contribution is -1.98. The second-order valence-electron chi connectivity index (χ2n) is 5.71. The number of benzene rings is 2. The summed E-state index contributed by atoms with van der Waals surface area (Å²) in [6.45, 7) is 1.74. The van der Waals surface area contributed by atoms with Crippen LogP contribution < -0.4 is 0 Å². The van der Waals surface area contributed by atoms with E-state index in [9.17, 15) is 8.42 Å². The fourth-order valence-electron chi connectivity index (χ4n) is 2.61. The van der Waals surface area contributed by atoms with Gasteiger partial charge in [0.1, 0.15) is 6.33 Å². The number of hydrogen-bond acceptors (Lipinski definition) is 6. The third-order valence-electron chi connectivity index (χ3n) is 3.86. The molecule has 8 heteroatoms. The number of aryl methyl sites for hydroxylation is 1. The van der Waals surface area contributed by atoms with Crippen molar-refractivity contribution in [3.63, 3.8) is 0 Å². The molecule has 0 unspecified atom stereocenters. The first kappa shape index (κ1) is 15.5. The Kier molecular flexibility index (Phi) is 3.43. The monoisotopic (exact) mass is 354 g/mol. The second-order valence-corrected chi connectivity index (χ2v) is 7.73. The smallest absolute Gasteiger partial charge is 0.247 e. The molecule has 0 fully saturated rings. The molecule has 126 valence electrons. The van der Waals surface area contributed by atoms with E-state index in [-0.39, 0.29) is 4.90 Å². The summed E-state index contributed by atoms with van der Waals surface area (Å²) in [7, 11) is -3.22. The van der Waals surface area contributed by atoms with Crippen LogP contribution in [0, 0.1) is 6.92 Å². The molecule has 4 aromatic rings. The zero-order valence-electron chi connectivity index (χ0n) is 13.5. The molecule has 0 N–H and O–H groups in total. The molecule has 0 aliphatic heterocycles. The molecule has 2 heterocycles. The zero-order chi connectivity index (χ0) is 17.6. The van der Waals surface area contributed by atoms with E-state index in [1.54, 1.807) is 37.5 Å². The van der Waals surface area contributed by atoms with Crippen molar-refractivity contribution in [2.24, 2.45) is 0 Å². The fourth-order valence-corrected chi connectivity index (χ4v) is 3.24. The maximum Gasteiger partial charge on any atom is 0.247 e. The lowest BCUT2D eigenvalue weighted by molar-refractivity contribution is 0.533. The SMILES string of the molecule is Cc1nnc(-c2ccc3ncn(-c4ccc(S(C)(=O)=O)cc4)c3c2)o1. The lowest BCUT2D eigenvalue weighted by atomic mass is 10.2. The van der Waals surface area contributed by atoms with Crippen molar-refractivity contribution in [3.05, 3.63) is 54.7 Å². The maximum atomic E-state index is 11.6. The van der Waals surface area contributed by atoms with Crippen LogP contribution in [0.5, 0.6) is 0 Å². The molecule has 0 bridgehead atoms. The summed E-state index contributed by atoms with van der Waals surface area (Å²) in [5.41, 5.74) is 3.28. The average molecular weight is 354 g/mol. The van der Waals surface area contributed by atoms with Crippen LogP contribution >= 0.6 is 0 Å². The van der Waals surface area contributed by atoms with Gasteiger partial charge in [-0.25, -0.2) is 13.4 Å². The average Bonchev–Trinajstić information content (AvgIpc) is 3.19. The Morgan fingerprint density at radius 2 is 1.80 bits per heavy atom. The molecule has 7 nitrogen and oxygen atoms in total. The van der Waals surface area contributed by atoms with Crippen molar-refractivity contribution in [2.75, 3.05) is 6.26 Å². The van der Waals surface area contributed by atoms with Crippen LogP contribution in [0.2, 0.25) is 0 Å². The van der Waals surface area contributed by atoms with Crippen LogP contribution in [0.15, 0.2) is 58.1 Å². The summed E-state index contributed by atoms with van der Waals surface area (Å²) in [5, 5.41) is 7.88. The number of nitrogens with zero attached hydrogens (tertiary/aromatic N) is 4. The Balaban J connectivity index is 1.82. The quantitative estimate of drug-likeness (QED) is 0.562. The van der Waals surface area contributed by atoms with Crippen LogP contribution in [0.1, 0.15) is 5.89 Å². The minimum atomic E-state index is -3.22. The Hall–Kier alpha value is -3.00. The molecule has 2 aromatic carbocycles. The highest BCUT2D eigenvalue weighted by Crippen LogP contribution is 2.25. The van der Waals surface area contributed by atoms with Crippen molar-refractivity contribution in [2.45, 2.75) is 11.8 Å². The van der Waals surface area contributed by atoms with E-state index in [1.165, 1.54) is 6.26 Å². The Labute approximate surface area is 143 Å². The standard InChI is InChI=1S/C17H14N4O3S/c1-11-19-20-17(24-11)12-3-8-15-16(9-12)21(10-18-15)13-4-6-14(7-5-13)25(2,22)23/h3-10H,1-2H3. The van der Waals surface area contributed by atoms with E-state index < -0.39 is 9.84 Å². The van der Waals surface area contributed by atoms with Crippen molar-refractivity contribution >= 4 is 20.9 Å². The molecule has 0 aliphatic carbocycles. The minimum absolute atomic E-state index is 0.280. The molecule has 25 heavy (non-hydrogen) atoms. The topological polar surface area (TPSA) is 90.9 Å². The molecule has 0 saturated carbocycles. The van der Waals surface area contributed by atoms with Gasteiger partial charge in [-0.05, 0) is 42.5 Å². The van der Waals surface area contributed by atoms with Gasteiger partial charge >= 0.3 is 0 Å². The normalized spacial score (nSPS) is 11.9. The minimum Gasteiger partial charge on any atom is -0.421 e. The summed E-state index contributed by atoms with van der Waals surface area (Å²) in [4.78, 5) is 4.66. The third-order valence-corrected chi connectivity index (χ3v) is 4.99. The summed E-state index contributed by atoms with van der Waals surface area (Å²) in [5.74, 6) is 0.944. The van der Waals surface area contributed by atoms with Crippen LogP contribution in [-0.2, 0) is 9.84 Å². The van der Waals surface area contributed by atoms with E-state index in [2.05, 4.69) is 15.2 Å². The highest BCUT2D eigenvalue weighted by Gasteiger charge is 2.12. The first-order valence-electron chi connectivity index (χ1n) is 7.50. The fraction of sp³-hybridized carbons (Fsp3) is 0.118. The van der Waals surface area contributed by atoms with Gasteiger partial charge in [0.05, 0.1) is 15.9 Å². The van der Waals surface area contributed by atoms with Gasteiger partial charge in [0.2, 0.25) is 11.8 Å². The molecule has 0 aliphatic rings. The van der Waals surface area contributed by atoms with Gasteiger partial charge in [0.15, 0.2) is 9.84 Å². The van der Waals surface area contributed by atoms with E-state index in [4.69, 9.17) is 4.42 Å². The zero-order valence-corrected chi connectivity index (χ0v) is 14.4. The summed E-state index contributed by atoms with van der Waals surface area (Å²) >= 11 is 0. The van der Waals surface area contributed by atoms with Gasteiger partial charge in [-0.15, -0.1) is 10.2 Å². The Morgan fingerprint density at radius 1 is 1.04 bits per heavy atom. The number of aromatic nitrogens is 4. The molecular formula is C17H14N4O3S. The van der Waals surface area contributed by atoms with E-state index in [0.29, 0.717) is 11.8 Å². The van der Waals surface area contributed by atoms with Crippen molar-refractivity contribution in [1.82, 2.24) is 19.7 Å². The molecule has 0 saturated heterocycles. The largest absolute Gasteiger partial charge is 0.421 e.